The zero-order chi connectivity index (χ0) is 15.0. The number of hydrogen-bond acceptors (Lipinski definition) is 2. The molecule has 1 aromatic rings. The molecule has 0 aliphatic rings. The molecule has 0 saturated heterocycles. The Morgan fingerprint density at radius 2 is 1.80 bits per heavy atom. The van der Waals surface area contributed by atoms with E-state index in [1.807, 2.05) is 0 Å². The maximum atomic E-state index is 3.68. The molecule has 1 N–H and O–H groups in total. The average Bonchev–Trinajstić information content (AvgIpc) is 2.46. The Labute approximate surface area is 125 Å². The lowest BCUT2D eigenvalue weighted by Gasteiger charge is -2.30. The fourth-order valence-corrected chi connectivity index (χ4v) is 2.70. The fraction of sp³-hybridized carbons (Fsp3) is 0.667. The lowest BCUT2D eigenvalue weighted by Crippen LogP contribution is -2.30. The molecular weight excluding hydrogens is 244 g/mol. The second-order valence-electron chi connectivity index (χ2n) is 5.91. The first-order valence-corrected chi connectivity index (χ1v) is 8.21. The molecule has 0 saturated carbocycles. The first-order valence-electron chi connectivity index (χ1n) is 8.21. The van der Waals surface area contributed by atoms with E-state index in [1.54, 1.807) is 0 Å². The molecule has 0 aliphatic carbocycles. The zero-order valence-corrected chi connectivity index (χ0v) is 13.9. The van der Waals surface area contributed by atoms with Gasteiger partial charge in [0, 0.05) is 24.8 Å². The monoisotopic (exact) mass is 276 g/mol. The average molecular weight is 276 g/mol. The minimum absolute atomic E-state index is 0.465. The number of para-hydroxylation sites is 1. The summed E-state index contributed by atoms with van der Waals surface area (Å²) in [4.78, 5) is 2.51. The van der Waals surface area contributed by atoms with Gasteiger partial charge in [-0.05, 0) is 43.9 Å². The Balaban J connectivity index is 3.00. The van der Waals surface area contributed by atoms with Crippen molar-refractivity contribution in [2.24, 2.45) is 5.92 Å². The summed E-state index contributed by atoms with van der Waals surface area (Å²) < 4.78 is 0. The predicted molar refractivity (Wildman–Crippen MR) is 90.5 cm³/mol. The van der Waals surface area contributed by atoms with E-state index in [0.717, 1.165) is 26.1 Å². The molecule has 0 amide bonds. The van der Waals surface area contributed by atoms with Crippen LogP contribution in [0, 0.1) is 5.92 Å². The molecule has 1 atom stereocenters. The van der Waals surface area contributed by atoms with Crippen LogP contribution in [-0.4, -0.2) is 19.6 Å². The molecule has 1 rings (SSSR count). The van der Waals surface area contributed by atoms with Gasteiger partial charge in [-0.1, -0.05) is 45.9 Å². The molecule has 0 heterocycles. The van der Waals surface area contributed by atoms with E-state index in [0.29, 0.717) is 12.0 Å². The van der Waals surface area contributed by atoms with Gasteiger partial charge in [0.05, 0.1) is 0 Å². The van der Waals surface area contributed by atoms with Gasteiger partial charge in [-0.2, -0.15) is 0 Å². The molecule has 0 aromatic heterocycles. The van der Waals surface area contributed by atoms with Gasteiger partial charge >= 0.3 is 0 Å². The number of hydrogen-bond donors (Lipinski definition) is 1. The lowest BCUT2D eigenvalue weighted by molar-refractivity contribution is 0.515. The predicted octanol–water partition coefficient (Wildman–Crippen LogP) is 4.62. The summed E-state index contributed by atoms with van der Waals surface area (Å²) in [5.74, 6) is 0.687. The highest BCUT2D eigenvalue weighted by atomic mass is 15.1. The zero-order valence-electron chi connectivity index (χ0n) is 13.9. The largest absolute Gasteiger partial charge is 0.371 e. The third kappa shape index (κ3) is 4.82. The van der Waals surface area contributed by atoms with Crippen molar-refractivity contribution < 1.29 is 0 Å². The van der Waals surface area contributed by atoms with Crippen LogP contribution in [0.15, 0.2) is 24.3 Å². The summed E-state index contributed by atoms with van der Waals surface area (Å²) in [6.07, 6.45) is 2.32. The highest BCUT2D eigenvalue weighted by Gasteiger charge is 2.16. The van der Waals surface area contributed by atoms with Crippen molar-refractivity contribution in [3.8, 4) is 0 Å². The van der Waals surface area contributed by atoms with Crippen LogP contribution < -0.4 is 10.2 Å². The lowest BCUT2D eigenvalue weighted by atomic mass is 10.0. The summed E-state index contributed by atoms with van der Waals surface area (Å²) in [5, 5.41) is 3.68. The maximum absolute atomic E-state index is 3.68. The first kappa shape index (κ1) is 17.0. The molecule has 1 unspecified atom stereocenters. The Kier molecular flexibility index (Phi) is 7.68. The summed E-state index contributed by atoms with van der Waals surface area (Å²) >= 11 is 0. The van der Waals surface area contributed by atoms with Crippen LogP contribution in [0.5, 0.6) is 0 Å². The van der Waals surface area contributed by atoms with Crippen molar-refractivity contribution >= 4 is 5.69 Å². The number of anilines is 1. The van der Waals surface area contributed by atoms with Crippen LogP contribution in [0.3, 0.4) is 0 Å². The van der Waals surface area contributed by atoms with Crippen LogP contribution in [0.2, 0.25) is 0 Å². The summed E-state index contributed by atoms with van der Waals surface area (Å²) in [5.41, 5.74) is 2.85. The fourth-order valence-electron chi connectivity index (χ4n) is 2.70. The minimum atomic E-state index is 0.465. The Hall–Kier alpha value is -1.02. The van der Waals surface area contributed by atoms with Crippen molar-refractivity contribution in [2.45, 2.75) is 53.5 Å². The topological polar surface area (TPSA) is 15.3 Å². The highest BCUT2D eigenvalue weighted by Crippen LogP contribution is 2.28. The van der Waals surface area contributed by atoms with Gasteiger partial charge in [0.25, 0.3) is 0 Å². The van der Waals surface area contributed by atoms with Gasteiger partial charge in [-0.15, -0.1) is 0 Å². The van der Waals surface area contributed by atoms with Gasteiger partial charge in [0.15, 0.2) is 0 Å². The van der Waals surface area contributed by atoms with Crippen molar-refractivity contribution in [1.82, 2.24) is 5.32 Å². The third-order valence-electron chi connectivity index (χ3n) is 3.67. The van der Waals surface area contributed by atoms with Gasteiger partial charge in [-0.3, -0.25) is 0 Å². The van der Waals surface area contributed by atoms with Crippen LogP contribution in [0.4, 0.5) is 5.69 Å². The van der Waals surface area contributed by atoms with Gasteiger partial charge in [-0.25, -0.2) is 0 Å². The number of benzene rings is 1. The number of nitrogens with zero attached hydrogens (tertiary/aromatic N) is 1. The van der Waals surface area contributed by atoms with E-state index in [9.17, 15) is 0 Å². The number of rotatable bonds is 9. The Bertz CT molecular complexity index is 373. The molecule has 2 heteroatoms. The maximum Gasteiger partial charge on any atom is 0.0414 e. The molecule has 0 fully saturated rings. The van der Waals surface area contributed by atoms with E-state index < -0.39 is 0 Å². The molecule has 0 spiro atoms. The molecule has 20 heavy (non-hydrogen) atoms. The van der Waals surface area contributed by atoms with Crippen molar-refractivity contribution in [3.63, 3.8) is 0 Å². The normalized spacial score (nSPS) is 12.7. The van der Waals surface area contributed by atoms with Crippen LogP contribution in [0.1, 0.15) is 59.1 Å². The van der Waals surface area contributed by atoms with Crippen molar-refractivity contribution in [3.05, 3.63) is 29.8 Å². The molecule has 2 nitrogen and oxygen atoms in total. The molecule has 114 valence electrons. The molecule has 0 radical (unpaired) electrons. The van der Waals surface area contributed by atoms with E-state index >= 15 is 0 Å². The van der Waals surface area contributed by atoms with E-state index in [2.05, 4.69) is 69.1 Å². The van der Waals surface area contributed by atoms with Crippen molar-refractivity contribution in [2.75, 3.05) is 24.5 Å². The first-order chi connectivity index (χ1) is 9.63. The summed E-state index contributed by atoms with van der Waals surface area (Å²) in [6, 6.07) is 9.35. The quantitative estimate of drug-likeness (QED) is 0.708. The molecule has 0 aliphatic heterocycles. The highest BCUT2D eigenvalue weighted by molar-refractivity contribution is 5.55. The summed E-state index contributed by atoms with van der Waals surface area (Å²) in [7, 11) is 0. The van der Waals surface area contributed by atoms with E-state index in [1.165, 1.54) is 17.7 Å². The van der Waals surface area contributed by atoms with E-state index in [-0.39, 0.29) is 0 Å². The molecular formula is C18H32N2. The summed E-state index contributed by atoms with van der Waals surface area (Å²) in [6.45, 7) is 14.6. The van der Waals surface area contributed by atoms with Gasteiger partial charge in [0.2, 0.25) is 0 Å². The smallest absolute Gasteiger partial charge is 0.0414 e. The number of nitrogens with one attached hydrogen (secondary N) is 1. The van der Waals surface area contributed by atoms with Crippen LogP contribution in [0.25, 0.3) is 0 Å². The Morgan fingerprint density at radius 3 is 2.35 bits per heavy atom. The third-order valence-corrected chi connectivity index (χ3v) is 3.67. The Morgan fingerprint density at radius 1 is 1.10 bits per heavy atom. The van der Waals surface area contributed by atoms with Crippen molar-refractivity contribution in [1.29, 1.82) is 0 Å². The second-order valence-corrected chi connectivity index (χ2v) is 5.91. The standard InChI is InChI=1S/C18H32N2/c1-6-13-19-17(7-2)16-11-9-10-12-18(16)20(8-3)14-15(4)5/h9-12,15,17,19H,6-8,13-14H2,1-5H3. The second kappa shape index (κ2) is 9.02. The molecule has 0 bridgehead atoms. The molecule has 1 aromatic carbocycles. The SMILES string of the molecule is CCCNC(CC)c1ccccc1N(CC)CC(C)C. The minimum Gasteiger partial charge on any atom is -0.371 e. The van der Waals surface area contributed by atoms with Gasteiger partial charge in [0.1, 0.15) is 0 Å². The van der Waals surface area contributed by atoms with E-state index in [4.69, 9.17) is 0 Å². The van der Waals surface area contributed by atoms with Crippen LogP contribution in [-0.2, 0) is 0 Å². The van der Waals surface area contributed by atoms with Crippen LogP contribution >= 0.6 is 0 Å². The van der Waals surface area contributed by atoms with Gasteiger partial charge < -0.3 is 10.2 Å².